The number of aliphatic hydroxyl groups is 1. The third-order valence-electron chi connectivity index (χ3n) is 5.52. The van der Waals surface area contributed by atoms with Gasteiger partial charge in [-0.2, -0.15) is 0 Å². The van der Waals surface area contributed by atoms with Crippen LogP contribution in [0.2, 0.25) is 0 Å². The van der Waals surface area contributed by atoms with E-state index in [1.165, 1.54) is 0 Å². The standard InChI is InChI=1S/C18H32O5/c1-6-7-8-18(14(20)21,15(22)23)11-12-9-16(2,3)13(19)17(4,5)10-12/h12-13,19H,6-11H2,1-5H3,(H,20,21)(H,22,23). The van der Waals surface area contributed by atoms with Gasteiger partial charge in [-0.25, -0.2) is 0 Å². The summed E-state index contributed by atoms with van der Waals surface area (Å²) in [6, 6.07) is 0. The molecule has 0 aliphatic heterocycles. The molecule has 1 fully saturated rings. The summed E-state index contributed by atoms with van der Waals surface area (Å²) in [5, 5.41) is 29.8. The summed E-state index contributed by atoms with van der Waals surface area (Å²) in [5.41, 5.74) is -2.41. The van der Waals surface area contributed by atoms with Crippen LogP contribution < -0.4 is 0 Å². The smallest absolute Gasteiger partial charge is 0.321 e. The summed E-state index contributed by atoms with van der Waals surface area (Å²) in [6.07, 6.45) is 2.46. The average Bonchev–Trinajstić information content (AvgIpc) is 2.39. The number of hydrogen-bond donors (Lipinski definition) is 3. The quantitative estimate of drug-likeness (QED) is 0.621. The first kappa shape index (κ1) is 19.9. The van der Waals surface area contributed by atoms with Crippen LogP contribution in [0.3, 0.4) is 0 Å². The number of rotatable bonds is 7. The minimum Gasteiger partial charge on any atom is -0.480 e. The Balaban J connectivity index is 3.08. The monoisotopic (exact) mass is 328 g/mol. The summed E-state index contributed by atoms with van der Waals surface area (Å²) in [7, 11) is 0. The van der Waals surface area contributed by atoms with Crippen molar-refractivity contribution >= 4 is 11.9 Å². The summed E-state index contributed by atoms with van der Waals surface area (Å²) in [5.74, 6) is -2.49. The molecule has 134 valence electrons. The minimum absolute atomic E-state index is 0.0209. The fourth-order valence-corrected chi connectivity index (χ4v) is 4.54. The van der Waals surface area contributed by atoms with E-state index in [0.29, 0.717) is 19.3 Å². The maximum atomic E-state index is 11.8. The van der Waals surface area contributed by atoms with Crippen LogP contribution in [0.4, 0.5) is 0 Å². The zero-order chi connectivity index (χ0) is 18.1. The van der Waals surface area contributed by atoms with Crippen LogP contribution >= 0.6 is 0 Å². The molecule has 1 saturated carbocycles. The first-order chi connectivity index (χ1) is 10.4. The molecule has 3 N–H and O–H groups in total. The Kier molecular flexibility index (Phi) is 5.89. The van der Waals surface area contributed by atoms with Crippen molar-refractivity contribution in [3.63, 3.8) is 0 Å². The molecular formula is C18H32O5. The lowest BCUT2D eigenvalue weighted by atomic mass is 9.56. The van der Waals surface area contributed by atoms with Crippen LogP contribution in [-0.4, -0.2) is 33.4 Å². The average molecular weight is 328 g/mol. The molecule has 0 heterocycles. The van der Waals surface area contributed by atoms with Crippen LogP contribution in [0.5, 0.6) is 0 Å². The van der Waals surface area contributed by atoms with Gasteiger partial charge in [-0.1, -0.05) is 47.5 Å². The van der Waals surface area contributed by atoms with Gasteiger partial charge in [0.05, 0.1) is 6.10 Å². The summed E-state index contributed by atoms with van der Waals surface area (Å²) in [6.45, 7) is 9.82. The van der Waals surface area contributed by atoms with E-state index in [9.17, 15) is 24.9 Å². The maximum absolute atomic E-state index is 11.8. The molecule has 0 unspecified atom stereocenters. The highest BCUT2D eigenvalue weighted by atomic mass is 16.4. The minimum atomic E-state index is -1.71. The van der Waals surface area contributed by atoms with Gasteiger partial charge in [-0.3, -0.25) is 9.59 Å². The fraction of sp³-hybridized carbons (Fsp3) is 0.889. The summed E-state index contributed by atoms with van der Waals surface area (Å²) < 4.78 is 0. The Morgan fingerprint density at radius 2 is 1.48 bits per heavy atom. The molecule has 23 heavy (non-hydrogen) atoms. The molecule has 5 nitrogen and oxygen atoms in total. The molecule has 5 heteroatoms. The Morgan fingerprint density at radius 3 is 1.83 bits per heavy atom. The van der Waals surface area contributed by atoms with Gasteiger partial charge in [-0.15, -0.1) is 0 Å². The third-order valence-corrected chi connectivity index (χ3v) is 5.52. The lowest BCUT2D eigenvalue weighted by Crippen LogP contribution is -2.50. The molecule has 0 aromatic rings. The second-order valence-corrected chi connectivity index (χ2v) is 8.65. The second-order valence-electron chi connectivity index (χ2n) is 8.65. The fourth-order valence-electron chi connectivity index (χ4n) is 4.54. The highest BCUT2D eigenvalue weighted by Gasteiger charge is 2.52. The molecule has 0 saturated heterocycles. The molecule has 0 atom stereocenters. The van der Waals surface area contributed by atoms with Crippen molar-refractivity contribution in [2.24, 2.45) is 22.2 Å². The topological polar surface area (TPSA) is 94.8 Å². The van der Waals surface area contributed by atoms with E-state index in [1.807, 2.05) is 34.6 Å². The third kappa shape index (κ3) is 4.06. The summed E-state index contributed by atoms with van der Waals surface area (Å²) >= 11 is 0. The molecule has 0 bridgehead atoms. The normalized spacial score (nSPS) is 26.7. The highest BCUT2D eigenvalue weighted by Crippen LogP contribution is 2.51. The van der Waals surface area contributed by atoms with Gasteiger partial charge < -0.3 is 15.3 Å². The van der Waals surface area contributed by atoms with Crippen molar-refractivity contribution in [3.05, 3.63) is 0 Å². The number of hydrogen-bond acceptors (Lipinski definition) is 3. The molecule has 0 spiro atoms. The van der Waals surface area contributed by atoms with E-state index in [2.05, 4.69) is 0 Å². The van der Waals surface area contributed by atoms with Gasteiger partial charge in [0.25, 0.3) is 0 Å². The number of aliphatic carboxylic acids is 2. The molecule has 0 radical (unpaired) electrons. The van der Waals surface area contributed by atoms with Crippen LogP contribution in [0, 0.1) is 22.2 Å². The zero-order valence-electron chi connectivity index (χ0n) is 15.1. The zero-order valence-corrected chi connectivity index (χ0v) is 15.1. The van der Waals surface area contributed by atoms with Gasteiger partial charge in [-0.05, 0) is 42.4 Å². The van der Waals surface area contributed by atoms with E-state index in [0.717, 1.165) is 6.42 Å². The molecule has 1 rings (SSSR count). The van der Waals surface area contributed by atoms with Crippen LogP contribution in [0.15, 0.2) is 0 Å². The van der Waals surface area contributed by atoms with E-state index in [4.69, 9.17) is 0 Å². The van der Waals surface area contributed by atoms with Crippen LogP contribution in [0.1, 0.15) is 73.1 Å². The largest absolute Gasteiger partial charge is 0.480 e. The number of carboxylic acid groups (broad SMARTS) is 2. The Hall–Kier alpha value is -1.10. The number of carboxylic acids is 2. The van der Waals surface area contributed by atoms with Crippen molar-refractivity contribution in [1.29, 1.82) is 0 Å². The predicted molar refractivity (Wildman–Crippen MR) is 88.1 cm³/mol. The van der Waals surface area contributed by atoms with Gasteiger partial charge in [0, 0.05) is 0 Å². The number of carbonyl (C=O) groups is 2. The van der Waals surface area contributed by atoms with Gasteiger partial charge in [0.1, 0.15) is 0 Å². The first-order valence-electron chi connectivity index (χ1n) is 8.54. The Labute approximate surface area is 139 Å². The van der Waals surface area contributed by atoms with E-state index >= 15 is 0 Å². The summed E-state index contributed by atoms with van der Waals surface area (Å²) in [4.78, 5) is 23.6. The molecule has 0 aromatic carbocycles. The van der Waals surface area contributed by atoms with Crippen molar-refractivity contribution in [2.75, 3.05) is 0 Å². The van der Waals surface area contributed by atoms with Crippen LogP contribution in [0.25, 0.3) is 0 Å². The molecule has 1 aliphatic carbocycles. The van der Waals surface area contributed by atoms with Crippen LogP contribution in [-0.2, 0) is 9.59 Å². The SMILES string of the molecule is CCCCC(CC1CC(C)(C)C(O)C(C)(C)C1)(C(=O)O)C(=O)O. The van der Waals surface area contributed by atoms with Gasteiger partial charge in [0.2, 0.25) is 0 Å². The Bertz CT molecular complexity index is 420. The maximum Gasteiger partial charge on any atom is 0.321 e. The highest BCUT2D eigenvalue weighted by molar-refractivity contribution is 5.98. The number of aliphatic hydroxyl groups excluding tert-OH is 1. The lowest BCUT2D eigenvalue weighted by molar-refractivity contribution is -0.169. The Morgan fingerprint density at radius 1 is 1.04 bits per heavy atom. The lowest BCUT2D eigenvalue weighted by Gasteiger charge is -2.50. The predicted octanol–water partition coefficient (Wildman–Crippen LogP) is 3.55. The van der Waals surface area contributed by atoms with Crippen molar-refractivity contribution in [1.82, 2.24) is 0 Å². The number of unbranched alkanes of at least 4 members (excludes halogenated alkanes) is 1. The van der Waals surface area contributed by atoms with Crippen molar-refractivity contribution < 1.29 is 24.9 Å². The van der Waals surface area contributed by atoms with E-state index in [-0.39, 0.29) is 29.6 Å². The van der Waals surface area contributed by atoms with E-state index in [1.54, 1.807) is 0 Å². The molecule has 1 aliphatic rings. The molecular weight excluding hydrogens is 296 g/mol. The van der Waals surface area contributed by atoms with E-state index < -0.39 is 23.5 Å². The molecule has 0 aromatic heterocycles. The second kappa shape index (κ2) is 6.80. The van der Waals surface area contributed by atoms with Gasteiger partial charge >= 0.3 is 11.9 Å². The first-order valence-corrected chi connectivity index (χ1v) is 8.54. The van der Waals surface area contributed by atoms with Gasteiger partial charge in [0.15, 0.2) is 5.41 Å². The van der Waals surface area contributed by atoms with Crippen molar-refractivity contribution in [2.45, 2.75) is 79.2 Å². The molecule has 0 amide bonds. The van der Waals surface area contributed by atoms with Crippen molar-refractivity contribution in [3.8, 4) is 0 Å².